The molecule has 0 aliphatic carbocycles. The number of carbonyl (C=O) groups excluding carboxylic acids is 1. The number of nitrogens with one attached hydrogen (secondary N) is 1. The molecular formula is C22H23N3O2. The quantitative estimate of drug-likeness (QED) is 0.749. The first-order valence-electron chi connectivity index (χ1n) is 9.28. The summed E-state index contributed by atoms with van der Waals surface area (Å²) >= 11 is 0. The standard InChI is InChI=1S/C22H23N3O2/c1-27-21-13-17(9-10-20(21)18-14-23-24-15-18)22(26)25-11-5-8-19(25)12-16-6-3-2-4-7-16/h2-4,6-7,9-10,13-15,19H,5,8,11-12H2,1H3,(H,23,24). The molecule has 0 saturated carbocycles. The van der Waals surface area contributed by atoms with E-state index in [1.165, 1.54) is 5.56 Å². The van der Waals surface area contributed by atoms with Gasteiger partial charge in [0.05, 0.1) is 13.3 Å². The van der Waals surface area contributed by atoms with Crippen LogP contribution in [0.1, 0.15) is 28.8 Å². The Hall–Kier alpha value is -3.08. The number of H-pyrrole nitrogens is 1. The smallest absolute Gasteiger partial charge is 0.254 e. The molecule has 1 atom stereocenters. The summed E-state index contributed by atoms with van der Waals surface area (Å²) in [6.45, 7) is 0.808. The summed E-state index contributed by atoms with van der Waals surface area (Å²) in [6, 6.07) is 16.3. The molecule has 1 amide bonds. The summed E-state index contributed by atoms with van der Waals surface area (Å²) in [5.41, 5.74) is 3.80. The summed E-state index contributed by atoms with van der Waals surface area (Å²) in [5, 5.41) is 6.80. The van der Waals surface area contributed by atoms with Crippen LogP contribution in [0, 0.1) is 0 Å². The van der Waals surface area contributed by atoms with Crippen molar-refractivity contribution in [2.45, 2.75) is 25.3 Å². The lowest BCUT2D eigenvalue weighted by molar-refractivity contribution is 0.0736. The second-order valence-corrected chi connectivity index (χ2v) is 6.89. The largest absolute Gasteiger partial charge is 0.496 e. The maximum Gasteiger partial charge on any atom is 0.254 e. The zero-order valence-electron chi connectivity index (χ0n) is 15.4. The second kappa shape index (κ2) is 7.66. The van der Waals surface area contributed by atoms with Gasteiger partial charge in [-0.2, -0.15) is 5.10 Å². The molecule has 1 N–H and O–H groups in total. The highest BCUT2D eigenvalue weighted by Crippen LogP contribution is 2.31. The number of nitrogens with zero attached hydrogens (tertiary/aromatic N) is 2. The predicted octanol–water partition coefficient (Wildman–Crippen LogP) is 3.93. The van der Waals surface area contributed by atoms with Crippen LogP contribution in [-0.2, 0) is 6.42 Å². The Labute approximate surface area is 159 Å². The molecule has 138 valence electrons. The van der Waals surface area contributed by atoms with Gasteiger partial charge in [0.1, 0.15) is 5.75 Å². The number of likely N-dealkylation sites (tertiary alicyclic amines) is 1. The van der Waals surface area contributed by atoms with Gasteiger partial charge in [0.2, 0.25) is 0 Å². The molecule has 0 bridgehead atoms. The highest BCUT2D eigenvalue weighted by Gasteiger charge is 2.29. The predicted molar refractivity (Wildman–Crippen MR) is 105 cm³/mol. The average molecular weight is 361 g/mol. The van der Waals surface area contributed by atoms with E-state index >= 15 is 0 Å². The minimum Gasteiger partial charge on any atom is -0.496 e. The first-order chi connectivity index (χ1) is 13.3. The van der Waals surface area contributed by atoms with Crippen molar-refractivity contribution in [1.29, 1.82) is 0 Å². The van der Waals surface area contributed by atoms with Gasteiger partial charge in [-0.1, -0.05) is 30.3 Å². The Bertz CT molecular complexity index is 907. The summed E-state index contributed by atoms with van der Waals surface area (Å²) in [4.78, 5) is 15.2. The fourth-order valence-electron chi connectivity index (χ4n) is 3.83. The van der Waals surface area contributed by atoms with Crippen LogP contribution in [0.25, 0.3) is 11.1 Å². The molecule has 2 aromatic carbocycles. The molecule has 1 unspecified atom stereocenters. The van der Waals surface area contributed by atoms with Gasteiger partial charge in [0.25, 0.3) is 5.91 Å². The molecule has 0 radical (unpaired) electrons. The fourth-order valence-corrected chi connectivity index (χ4v) is 3.83. The van der Waals surface area contributed by atoms with Crippen molar-refractivity contribution in [2.24, 2.45) is 0 Å². The first-order valence-corrected chi connectivity index (χ1v) is 9.28. The molecule has 5 heteroatoms. The van der Waals surface area contributed by atoms with E-state index in [0.29, 0.717) is 11.3 Å². The molecule has 5 nitrogen and oxygen atoms in total. The molecule has 0 spiro atoms. The molecule has 3 aromatic rings. The van der Waals surface area contributed by atoms with E-state index in [1.807, 2.05) is 35.4 Å². The molecule has 1 saturated heterocycles. The third-order valence-electron chi connectivity index (χ3n) is 5.21. The van der Waals surface area contributed by atoms with Gasteiger partial charge in [-0.15, -0.1) is 0 Å². The van der Waals surface area contributed by atoms with Crippen LogP contribution >= 0.6 is 0 Å². The van der Waals surface area contributed by atoms with Gasteiger partial charge >= 0.3 is 0 Å². The van der Waals surface area contributed by atoms with Crippen LogP contribution in [0.5, 0.6) is 5.75 Å². The Morgan fingerprint density at radius 3 is 2.85 bits per heavy atom. The topological polar surface area (TPSA) is 58.2 Å². The van der Waals surface area contributed by atoms with Crippen LogP contribution in [0.2, 0.25) is 0 Å². The Morgan fingerprint density at radius 2 is 2.11 bits per heavy atom. The zero-order valence-corrected chi connectivity index (χ0v) is 15.4. The second-order valence-electron chi connectivity index (χ2n) is 6.89. The van der Waals surface area contributed by atoms with E-state index in [0.717, 1.165) is 36.9 Å². The van der Waals surface area contributed by atoms with E-state index < -0.39 is 0 Å². The Balaban J connectivity index is 1.56. The number of methoxy groups -OCH3 is 1. The fraction of sp³-hybridized carbons (Fsp3) is 0.273. The van der Waals surface area contributed by atoms with Crippen molar-refractivity contribution in [1.82, 2.24) is 15.1 Å². The summed E-state index contributed by atoms with van der Waals surface area (Å²) < 4.78 is 5.53. The van der Waals surface area contributed by atoms with Crippen LogP contribution < -0.4 is 4.74 Å². The van der Waals surface area contributed by atoms with Crippen LogP contribution in [-0.4, -0.2) is 40.7 Å². The highest BCUT2D eigenvalue weighted by atomic mass is 16.5. The van der Waals surface area contributed by atoms with Gasteiger partial charge in [-0.05, 0) is 43.0 Å². The average Bonchev–Trinajstić information content (AvgIpc) is 3.40. The van der Waals surface area contributed by atoms with Crippen LogP contribution in [0.4, 0.5) is 0 Å². The third kappa shape index (κ3) is 3.58. The molecule has 1 aliphatic heterocycles. The molecule has 1 aliphatic rings. The maximum absolute atomic E-state index is 13.2. The zero-order chi connectivity index (χ0) is 18.6. The van der Waals surface area contributed by atoms with Crippen molar-refractivity contribution in [3.05, 3.63) is 72.1 Å². The molecule has 2 heterocycles. The van der Waals surface area contributed by atoms with Crippen molar-refractivity contribution < 1.29 is 9.53 Å². The Kier molecular flexibility index (Phi) is 4.92. The first kappa shape index (κ1) is 17.3. The van der Waals surface area contributed by atoms with Crippen molar-refractivity contribution in [2.75, 3.05) is 13.7 Å². The number of aromatic amines is 1. The van der Waals surface area contributed by atoms with E-state index in [-0.39, 0.29) is 11.9 Å². The normalized spacial score (nSPS) is 16.5. The summed E-state index contributed by atoms with van der Waals surface area (Å²) in [7, 11) is 1.63. The van der Waals surface area contributed by atoms with Gasteiger partial charge in [0, 0.05) is 35.5 Å². The molecular weight excluding hydrogens is 338 g/mol. The number of amides is 1. The van der Waals surface area contributed by atoms with Gasteiger partial charge in [-0.25, -0.2) is 0 Å². The number of carbonyl (C=O) groups is 1. The molecule has 1 fully saturated rings. The monoisotopic (exact) mass is 361 g/mol. The van der Waals surface area contributed by atoms with Crippen molar-refractivity contribution >= 4 is 5.91 Å². The number of hydrogen-bond donors (Lipinski definition) is 1. The molecule has 1 aromatic heterocycles. The lowest BCUT2D eigenvalue weighted by atomic mass is 10.0. The van der Waals surface area contributed by atoms with E-state index in [2.05, 4.69) is 34.5 Å². The van der Waals surface area contributed by atoms with Crippen molar-refractivity contribution in [3.8, 4) is 16.9 Å². The maximum atomic E-state index is 13.2. The van der Waals surface area contributed by atoms with Crippen molar-refractivity contribution in [3.63, 3.8) is 0 Å². The lowest BCUT2D eigenvalue weighted by Crippen LogP contribution is -2.36. The number of benzene rings is 2. The Morgan fingerprint density at radius 1 is 1.26 bits per heavy atom. The number of hydrogen-bond acceptors (Lipinski definition) is 3. The van der Waals surface area contributed by atoms with E-state index in [1.54, 1.807) is 13.3 Å². The van der Waals surface area contributed by atoms with Gasteiger partial charge < -0.3 is 9.64 Å². The van der Waals surface area contributed by atoms with E-state index in [9.17, 15) is 4.79 Å². The minimum absolute atomic E-state index is 0.0745. The highest BCUT2D eigenvalue weighted by molar-refractivity contribution is 5.96. The minimum atomic E-state index is 0.0745. The summed E-state index contributed by atoms with van der Waals surface area (Å²) in [6.07, 6.45) is 6.56. The third-order valence-corrected chi connectivity index (χ3v) is 5.21. The van der Waals surface area contributed by atoms with Crippen LogP contribution in [0.3, 0.4) is 0 Å². The van der Waals surface area contributed by atoms with Gasteiger partial charge in [-0.3, -0.25) is 9.89 Å². The van der Waals surface area contributed by atoms with Crippen LogP contribution in [0.15, 0.2) is 60.9 Å². The SMILES string of the molecule is COc1cc(C(=O)N2CCCC2Cc2ccccc2)ccc1-c1cn[nH]c1. The number of aromatic nitrogens is 2. The lowest BCUT2D eigenvalue weighted by Gasteiger charge is -2.25. The molecule has 27 heavy (non-hydrogen) atoms. The number of rotatable bonds is 5. The van der Waals surface area contributed by atoms with E-state index in [4.69, 9.17) is 4.74 Å². The van der Waals surface area contributed by atoms with Gasteiger partial charge in [0.15, 0.2) is 0 Å². The molecule has 4 rings (SSSR count). The summed E-state index contributed by atoms with van der Waals surface area (Å²) in [5.74, 6) is 0.756. The number of ether oxygens (including phenoxy) is 1.